The van der Waals surface area contributed by atoms with Gasteiger partial charge in [0.05, 0.1) is 14.2 Å². The Kier molecular flexibility index (Phi) is 4.46. The highest BCUT2D eigenvalue weighted by molar-refractivity contribution is 6.29. The third kappa shape index (κ3) is 2.36. The van der Waals surface area contributed by atoms with E-state index < -0.39 is 0 Å². The Morgan fingerprint density at radius 1 is 1.39 bits per heavy atom. The number of hydrogen-bond acceptors (Lipinski definition) is 4. The van der Waals surface area contributed by atoms with E-state index in [1.807, 2.05) is 6.07 Å². The van der Waals surface area contributed by atoms with Gasteiger partial charge in [0, 0.05) is 22.6 Å². The minimum absolute atomic E-state index is 0.0222. The van der Waals surface area contributed by atoms with Crippen LogP contribution in [0.15, 0.2) is 11.6 Å². The van der Waals surface area contributed by atoms with Crippen LogP contribution in [0.3, 0.4) is 0 Å². The molecule has 0 unspecified atom stereocenters. The van der Waals surface area contributed by atoms with Crippen molar-refractivity contribution >= 4 is 11.6 Å². The van der Waals surface area contributed by atoms with Crippen molar-refractivity contribution in [2.24, 2.45) is 0 Å². The van der Waals surface area contributed by atoms with Crippen LogP contribution in [0.2, 0.25) is 0 Å². The molecular weight excluding hydrogens is 254 g/mol. The van der Waals surface area contributed by atoms with E-state index in [0.29, 0.717) is 27.7 Å². The molecule has 0 spiro atoms. The van der Waals surface area contributed by atoms with E-state index in [9.17, 15) is 10.4 Å². The van der Waals surface area contributed by atoms with Gasteiger partial charge in [0.25, 0.3) is 0 Å². The van der Waals surface area contributed by atoms with Crippen molar-refractivity contribution in [1.29, 1.82) is 5.26 Å². The number of hydrogen-bond donors (Lipinski definition) is 1. The molecule has 0 aliphatic carbocycles. The van der Waals surface area contributed by atoms with Gasteiger partial charge in [-0.15, -0.1) is 0 Å². The van der Waals surface area contributed by atoms with Crippen LogP contribution < -0.4 is 9.47 Å². The summed E-state index contributed by atoms with van der Waals surface area (Å²) in [6.45, 7) is 5.25. The molecule has 0 aromatic heterocycles. The highest BCUT2D eigenvalue weighted by Gasteiger charge is 2.23. The maximum Gasteiger partial charge on any atom is 0.179 e. The zero-order valence-electron chi connectivity index (χ0n) is 10.5. The van der Waals surface area contributed by atoms with E-state index in [4.69, 9.17) is 21.1 Å². The minimum atomic E-state index is -0.0222. The first kappa shape index (κ1) is 14.2. The molecule has 0 heterocycles. The number of nitrogens with zero attached hydrogens (tertiary/aromatic N) is 1. The number of aromatic hydroxyl groups is 1. The van der Waals surface area contributed by atoms with E-state index >= 15 is 0 Å². The van der Waals surface area contributed by atoms with Crippen LogP contribution in [0.4, 0.5) is 0 Å². The van der Waals surface area contributed by atoms with Gasteiger partial charge in [-0.05, 0) is 6.92 Å². The fourth-order valence-corrected chi connectivity index (χ4v) is 1.93. The van der Waals surface area contributed by atoms with E-state index in [1.165, 1.54) is 14.2 Å². The van der Waals surface area contributed by atoms with Crippen molar-refractivity contribution in [3.8, 4) is 23.3 Å². The number of nitriles is 1. The molecule has 96 valence electrons. The smallest absolute Gasteiger partial charge is 0.179 e. The van der Waals surface area contributed by atoms with Crippen molar-refractivity contribution in [2.45, 2.75) is 13.3 Å². The number of halogens is 1. The van der Waals surface area contributed by atoms with Gasteiger partial charge in [-0.2, -0.15) is 5.26 Å². The number of benzene rings is 1. The van der Waals surface area contributed by atoms with E-state index in [0.717, 1.165) is 0 Å². The number of rotatable bonds is 4. The molecule has 0 atom stereocenters. The monoisotopic (exact) mass is 267 g/mol. The normalized spacial score (nSPS) is 9.72. The topological polar surface area (TPSA) is 62.5 Å². The van der Waals surface area contributed by atoms with E-state index in [2.05, 4.69) is 6.58 Å². The highest BCUT2D eigenvalue weighted by atomic mass is 35.5. The third-order valence-electron chi connectivity index (χ3n) is 2.61. The van der Waals surface area contributed by atoms with Gasteiger partial charge in [-0.3, -0.25) is 0 Å². The predicted molar refractivity (Wildman–Crippen MR) is 69.4 cm³/mol. The molecular formula is C13H14ClNO3. The molecule has 0 fully saturated rings. The van der Waals surface area contributed by atoms with Crippen molar-refractivity contribution in [3.63, 3.8) is 0 Å². The third-order valence-corrected chi connectivity index (χ3v) is 2.74. The standard InChI is InChI=1S/C13H14ClNO3/c1-7(14)5-9-10(6-15)13(18-4)12(17-3)8(2)11(9)16/h16H,1,5H2,2-4H3. The fourth-order valence-electron chi connectivity index (χ4n) is 1.80. The molecule has 0 radical (unpaired) electrons. The van der Waals surface area contributed by atoms with Gasteiger partial charge in [-0.25, -0.2) is 0 Å². The molecule has 1 aromatic rings. The average Bonchev–Trinajstić information content (AvgIpc) is 2.34. The summed E-state index contributed by atoms with van der Waals surface area (Å²) in [5.41, 5.74) is 1.10. The number of phenolic OH excluding ortho intramolecular Hbond substituents is 1. The first-order chi connectivity index (χ1) is 8.47. The molecule has 0 aliphatic heterocycles. The van der Waals surface area contributed by atoms with Crippen LogP contribution in [-0.4, -0.2) is 19.3 Å². The Balaban J connectivity index is 3.67. The minimum Gasteiger partial charge on any atom is -0.507 e. The summed E-state index contributed by atoms with van der Waals surface area (Å²) < 4.78 is 10.3. The van der Waals surface area contributed by atoms with Crippen molar-refractivity contribution < 1.29 is 14.6 Å². The predicted octanol–water partition coefficient (Wildman–Crippen LogP) is 2.88. The second kappa shape index (κ2) is 5.65. The molecule has 0 amide bonds. The van der Waals surface area contributed by atoms with Crippen molar-refractivity contribution in [1.82, 2.24) is 0 Å². The van der Waals surface area contributed by atoms with Crippen LogP contribution in [-0.2, 0) is 6.42 Å². The van der Waals surface area contributed by atoms with E-state index in [-0.39, 0.29) is 17.7 Å². The van der Waals surface area contributed by atoms with Crippen LogP contribution in [0.5, 0.6) is 17.2 Å². The van der Waals surface area contributed by atoms with Crippen LogP contribution >= 0.6 is 11.6 Å². The van der Waals surface area contributed by atoms with Crippen molar-refractivity contribution in [2.75, 3.05) is 14.2 Å². The Morgan fingerprint density at radius 3 is 2.33 bits per heavy atom. The molecule has 0 saturated carbocycles. The zero-order chi connectivity index (χ0) is 13.9. The Labute approximate surface area is 111 Å². The molecule has 0 aliphatic rings. The number of allylic oxidation sites excluding steroid dienone is 1. The SMILES string of the molecule is C=C(Cl)Cc1c(O)c(C)c(OC)c(OC)c1C#N. The van der Waals surface area contributed by atoms with Gasteiger partial charge in [-0.1, -0.05) is 18.2 Å². The van der Waals surface area contributed by atoms with Crippen LogP contribution in [0, 0.1) is 18.3 Å². The molecule has 4 nitrogen and oxygen atoms in total. The van der Waals surface area contributed by atoms with Crippen LogP contribution in [0.25, 0.3) is 0 Å². The van der Waals surface area contributed by atoms with Crippen molar-refractivity contribution in [3.05, 3.63) is 28.3 Å². The lowest BCUT2D eigenvalue weighted by Crippen LogP contribution is -2.02. The molecule has 0 bridgehead atoms. The van der Waals surface area contributed by atoms with Gasteiger partial charge in [0.2, 0.25) is 0 Å². The summed E-state index contributed by atoms with van der Waals surface area (Å²) in [6, 6.07) is 2.00. The Hall–Kier alpha value is -1.86. The summed E-state index contributed by atoms with van der Waals surface area (Å²) in [4.78, 5) is 0. The number of ether oxygens (including phenoxy) is 2. The molecule has 5 heteroatoms. The number of phenols is 1. The Bertz CT molecular complexity index is 532. The first-order valence-corrected chi connectivity index (χ1v) is 5.55. The molecule has 1 N–H and O–H groups in total. The summed E-state index contributed by atoms with van der Waals surface area (Å²) >= 11 is 5.75. The average molecular weight is 268 g/mol. The fraction of sp³-hybridized carbons (Fsp3) is 0.308. The number of methoxy groups -OCH3 is 2. The quantitative estimate of drug-likeness (QED) is 0.911. The summed E-state index contributed by atoms with van der Waals surface area (Å²) in [6.07, 6.45) is 0.192. The van der Waals surface area contributed by atoms with Gasteiger partial charge in [0.15, 0.2) is 11.5 Å². The van der Waals surface area contributed by atoms with Gasteiger partial charge >= 0.3 is 0 Å². The highest BCUT2D eigenvalue weighted by Crippen LogP contribution is 2.43. The first-order valence-electron chi connectivity index (χ1n) is 5.17. The molecule has 1 aromatic carbocycles. The Morgan fingerprint density at radius 2 is 1.94 bits per heavy atom. The molecule has 1 rings (SSSR count). The van der Waals surface area contributed by atoms with Gasteiger partial charge in [0.1, 0.15) is 17.4 Å². The largest absolute Gasteiger partial charge is 0.507 e. The second-order valence-corrected chi connectivity index (χ2v) is 4.23. The zero-order valence-corrected chi connectivity index (χ0v) is 11.3. The second-order valence-electron chi connectivity index (χ2n) is 3.70. The summed E-state index contributed by atoms with van der Waals surface area (Å²) in [5, 5.41) is 19.6. The molecule has 18 heavy (non-hydrogen) atoms. The maximum atomic E-state index is 10.1. The lowest BCUT2D eigenvalue weighted by molar-refractivity contribution is 0.346. The maximum absolute atomic E-state index is 10.1. The lowest BCUT2D eigenvalue weighted by Gasteiger charge is -2.17. The summed E-state index contributed by atoms with van der Waals surface area (Å²) in [7, 11) is 2.89. The molecule has 0 saturated heterocycles. The van der Waals surface area contributed by atoms with Crippen LogP contribution in [0.1, 0.15) is 16.7 Å². The van der Waals surface area contributed by atoms with E-state index in [1.54, 1.807) is 6.92 Å². The lowest BCUT2D eigenvalue weighted by atomic mass is 9.98. The van der Waals surface area contributed by atoms with Gasteiger partial charge < -0.3 is 14.6 Å². The summed E-state index contributed by atoms with van der Waals surface area (Å²) in [5.74, 6) is 0.615.